The number of carbonyl (C=O) groups is 1. The van der Waals surface area contributed by atoms with Gasteiger partial charge in [0.2, 0.25) is 0 Å². The summed E-state index contributed by atoms with van der Waals surface area (Å²) in [6.07, 6.45) is 2.02. The molecule has 0 rings (SSSR count). The normalized spacial score (nSPS) is 13.2. The Morgan fingerprint density at radius 3 is 1.95 bits per heavy atom. The van der Waals surface area contributed by atoms with E-state index in [1.165, 1.54) is 0 Å². The third kappa shape index (κ3) is 8.97. The lowest BCUT2D eigenvalue weighted by Crippen LogP contribution is -2.52. The summed E-state index contributed by atoms with van der Waals surface area (Å²) in [6, 6.07) is 0. The molecule has 4 heteroatoms. The second-order valence-corrected chi connectivity index (χ2v) is 8.36. The van der Waals surface area contributed by atoms with Crippen molar-refractivity contribution in [3.05, 3.63) is 0 Å². The summed E-state index contributed by atoms with van der Waals surface area (Å²) >= 11 is 0. The number of ether oxygens (including phenoxy) is 1. The molecule has 0 saturated carbocycles. The molecule has 0 aliphatic heterocycles. The first-order chi connectivity index (χ1) is 9.28. The molecule has 4 nitrogen and oxygen atoms in total. The van der Waals surface area contributed by atoms with Gasteiger partial charge in [-0.1, -0.05) is 13.3 Å². The Kier molecular flexibility index (Phi) is 7.21. The van der Waals surface area contributed by atoms with Crippen molar-refractivity contribution in [2.24, 2.45) is 0 Å². The molecule has 0 radical (unpaired) electrons. The molecule has 0 fully saturated rings. The van der Waals surface area contributed by atoms with E-state index in [0.29, 0.717) is 6.54 Å². The van der Waals surface area contributed by atoms with Crippen LogP contribution in [0, 0.1) is 0 Å². The molecule has 0 atom stereocenters. The highest BCUT2D eigenvalue weighted by Gasteiger charge is 2.30. The third-order valence-corrected chi connectivity index (χ3v) is 3.24. The van der Waals surface area contributed by atoms with E-state index in [0.717, 1.165) is 19.4 Å². The van der Waals surface area contributed by atoms with Gasteiger partial charge in [-0.15, -0.1) is 0 Å². The van der Waals surface area contributed by atoms with Gasteiger partial charge in [-0.05, 0) is 61.8 Å². The maximum Gasteiger partial charge on any atom is 0.410 e. The van der Waals surface area contributed by atoms with Gasteiger partial charge >= 0.3 is 6.09 Å². The molecule has 0 heterocycles. The average molecular weight is 300 g/mol. The fraction of sp³-hybridized carbons (Fsp3) is 0.941. The molecule has 0 bridgehead atoms. The zero-order valence-corrected chi connectivity index (χ0v) is 15.6. The average Bonchev–Trinajstić information content (AvgIpc) is 2.19. The molecule has 0 saturated heterocycles. The summed E-state index contributed by atoms with van der Waals surface area (Å²) in [4.78, 5) is 14.2. The maximum absolute atomic E-state index is 12.4. The van der Waals surface area contributed by atoms with Crippen LogP contribution in [0.1, 0.15) is 75.2 Å². The number of hydrogen-bond acceptors (Lipinski definition) is 3. The van der Waals surface area contributed by atoms with Crippen LogP contribution >= 0.6 is 0 Å². The monoisotopic (exact) mass is 300 g/mol. The van der Waals surface area contributed by atoms with E-state index in [9.17, 15) is 4.79 Å². The number of nitrogens with zero attached hydrogens (tertiary/aromatic N) is 1. The second-order valence-electron chi connectivity index (χ2n) is 8.36. The third-order valence-electron chi connectivity index (χ3n) is 3.24. The number of carbonyl (C=O) groups excluding carboxylic acids is 1. The van der Waals surface area contributed by atoms with Crippen LogP contribution in [0.15, 0.2) is 0 Å². The van der Waals surface area contributed by atoms with Gasteiger partial charge < -0.3 is 15.0 Å². The largest absolute Gasteiger partial charge is 0.444 e. The van der Waals surface area contributed by atoms with Gasteiger partial charge in [0.1, 0.15) is 5.60 Å². The minimum Gasteiger partial charge on any atom is -0.444 e. The molecule has 0 aromatic carbocycles. The fourth-order valence-electron chi connectivity index (χ4n) is 2.24. The first-order valence-corrected chi connectivity index (χ1v) is 8.04. The fourth-order valence-corrected chi connectivity index (χ4v) is 2.24. The predicted octanol–water partition coefficient (Wildman–Crippen LogP) is 4.19. The van der Waals surface area contributed by atoms with Gasteiger partial charge in [0, 0.05) is 24.2 Å². The Bertz CT molecular complexity index is 325. The van der Waals surface area contributed by atoms with Crippen molar-refractivity contribution < 1.29 is 9.53 Å². The highest BCUT2D eigenvalue weighted by atomic mass is 16.6. The van der Waals surface area contributed by atoms with Gasteiger partial charge in [0.05, 0.1) is 0 Å². The maximum atomic E-state index is 12.4. The molecule has 1 N–H and O–H groups in total. The van der Waals surface area contributed by atoms with Gasteiger partial charge in [0.15, 0.2) is 0 Å². The minimum absolute atomic E-state index is 0.103. The first-order valence-electron chi connectivity index (χ1n) is 8.04. The number of nitrogens with one attached hydrogen (secondary N) is 1. The Hall–Kier alpha value is -0.770. The van der Waals surface area contributed by atoms with Crippen molar-refractivity contribution in [2.75, 3.05) is 13.1 Å². The van der Waals surface area contributed by atoms with Crippen LogP contribution in [-0.4, -0.2) is 40.8 Å². The number of rotatable bonds is 6. The number of amides is 1. The van der Waals surface area contributed by atoms with E-state index in [1.54, 1.807) is 4.90 Å². The summed E-state index contributed by atoms with van der Waals surface area (Å²) in [7, 11) is 0. The predicted molar refractivity (Wildman–Crippen MR) is 89.7 cm³/mol. The molecule has 0 aliphatic carbocycles. The Morgan fingerprint density at radius 2 is 1.57 bits per heavy atom. The highest BCUT2D eigenvalue weighted by molar-refractivity contribution is 5.69. The molecule has 0 aromatic heterocycles. The SMILES string of the molecule is CCCC(C)(C)NCCN(C(=O)OC(C)(C)C)C(C)(C)C. The van der Waals surface area contributed by atoms with Crippen molar-refractivity contribution in [3.8, 4) is 0 Å². The second kappa shape index (κ2) is 7.48. The molecule has 0 aliphatic rings. The smallest absolute Gasteiger partial charge is 0.410 e. The molecular weight excluding hydrogens is 264 g/mol. The van der Waals surface area contributed by atoms with Crippen molar-refractivity contribution in [1.29, 1.82) is 0 Å². The standard InChI is InChI=1S/C17H36N2O2/c1-10-11-17(8,9)18-12-13-19(15(2,3)4)14(20)21-16(5,6)7/h18H,10-13H2,1-9H3. The summed E-state index contributed by atoms with van der Waals surface area (Å²) in [6.45, 7) is 19.8. The van der Waals surface area contributed by atoms with Crippen LogP contribution in [0.25, 0.3) is 0 Å². The molecular formula is C17H36N2O2. The zero-order chi connectivity index (χ0) is 16.9. The lowest BCUT2D eigenvalue weighted by molar-refractivity contribution is 0.00614. The van der Waals surface area contributed by atoms with Crippen LogP contribution in [0.5, 0.6) is 0 Å². The summed E-state index contributed by atoms with van der Waals surface area (Å²) in [5.41, 5.74) is -0.610. The molecule has 1 amide bonds. The van der Waals surface area contributed by atoms with Crippen LogP contribution in [-0.2, 0) is 4.74 Å². The van der Waals surface area contributed by atoms with Gasteiger partial charge in [-0.25, -0.2) is 4.79 Å². The van der Waals surface area contributed by atoms with E-state index < -0.39 is 5.60 Å². The van der Waals surface area contributed by atoms with Crippen molar-refractivity contribution >= 4 is 6.09 Å². The zero-order valence-electron chi connectivity index (χ0n) is 15.6. The van der Waals surface area contributed by atoms with E-state index in [4.69, 9.17) is 4.74 Å². The Labute approximate surface area is 131 Å². The van der Waals surface area contributed by atoms with E-state index in [2.05, 4.69) is 26.1 Å². The lowest BCUT2D eigenvalue weighted by Gasteiger charge is -2.38. The van der Waals surface area contributed by atoms with Gasteiger partial charge in [0.25, 0.3) is 0 Å². The van der Waals surface area contributed by atoms with Gasteiger partial charge in [-0.3, -0.25) is 0 Å². The molecule has 21 heavy (non-hydrogen) atoms. The van der Waals surface area contributed by atoms with Crippen LogP contribution in [0.4, 0.5) is 4.79 Å². The molecule has 0 aromatic rings. The summed E-state index contributed by atoms with van der Waals surface area (Å²) in [5, 5.41) is 3.53. The Balaban J connectivity index is 4.64. The highest BCUT2D eigenvalue weighted by Crippen LogP contribution is 2.18. The van der Waals surface area contributed by atoms with Crippen molar-refractivity contribution in [1.82, 2.24) is 10.2 Å². The quantitative estimate of drug-likeness (QED) is 0.799. The molecule has 0 spiro atoms. The van der Waals surface area contributed by atoms with Crippen LogP contribution < -0.4 is 5.32 Å². The summed E-state index contributed by atoms with van der Waals surface area (Å²) in [5.74, 6) is 0. The lowest BCUT2D eigenvalue weighted by atomic mass is 9.99. The molecule has 126 valence electrons. The van der Waals surface area contributed by atoms with Crippen LogP contribution in [0.3, 0.4) is 0 Å². The summed E-state index contributed by atoms with van der Waals surface area (Å²) < 4.78 is 5.52. The van der Waals surface area contributed by atoms with Crippen molar-refractivity contribution in [2.45, 2.75) is 91.8 Å². The topological polar surface area (TPSA) is 41.6 Å². The van der Waals surface area contributed by atoms with Crippen LogP contribution in [0.2, 0.25) is 0 Å². The minimum atomic E-state index is -0.463. The van der Waals surface area contributed by atoms with Crippen molar-refractivity contribution in [3.63, 3.8) is 0 Å². The number of hydrogen-bond donors (Lipinski definition) is 1. The van der Waals surface area contributed by atoms with E-state index in [-0.39, 0.29) is 17.2 Å². The van der Waals surface area contributed by atoms with E-state index >= 15 is 0 Å². The molecule has 0 unspecified atom stereocenters. The first kappa shape index (κ1) is 20.2. The van der Waals surface area contributed by atoms with E-state index in [1.807, 2.05) is 41.5 Å². The van der Waals surface area contributed by atoms with Gasteiger partial charge in [-0.2, -0.15) is 0 Å². The Morgan fingerprint density at radius 1 is 1.05 bits per heavy atom.